The van der Waals surface area contributed by atoms with Crippen LogP contribution in [0.5, 0.6) is 0 Å². The molecule has 0 bridgehead atoms. The molecule has 1 aromatic carbocycles. The molecule has 5 nitrogen and oxygen atoms in total. The number of thiophene rings is 1. The second-order valence-electron chi connectivity index (χ2n) is 7.06. The highest BCUT2D eigenvalue weighted by molar-refractivity contribution is 7.10. The molecule has 28 heavy (non-hydrogen) atoms. The highest BCUT2D eigenvalue weighted by Crippen LogP contribution is 2.43. The Morgan fingerprint density at radius 2 is 2.00 bits per heavy atom. The quantitative estimate of drug-likeness (QED) is 0.805. The summed E-state index contributed by atoms with van der Waals surface area (Å²) in [6.07, 6.45) is 3.69. The van der Waals surface area contributed by atoms with Gasteiger partial charge in [-0.05, 0) is 48.6 Å². The van der Waals surface area contributed by atoms with Crippen molar-refractivity contribution in [2.45, 2.75) is 31.1 Å². The molecule has 1 saturated heterocycles. The van der Waals surface area contributed by atoms with Crippen LogP contribution in [0.15, 0.2) is 41.8 Å². The van der Waals surface area contributed by atoms with Crippen molar-refractivity contribution in [1.82, 2.24) is 5.32 Å². The SMILES string of the molecule is O=C1OCCN1c1ccc(C#CCNC(=O)C2(c3cccs3)CCCC2)cc1. The zero-order valence-corrected chi connectivity index (χ0v) is 16.4. The summed E-state index contributed by atoms with van der Waals surface area (Å²) in [7, 11) is 0. The highest BCUT2D eigenvalue weighted by Gasteiger charge is 2.43. The molecule has 2 heterocycles. The maximum atomic E-state index is 12.9. The lowest BCUT2D eigenvalue weighted by atomic mass is 9.83. The standard InChI is InChI=1S/C22H22N2O3S/c25-20(22(11-1-2-12-22)19-6-4-16-28-19)23-13-3-5-17-7-9-18(10-8-17)24-14-15-27-21(24)26/h4,6-10,16H,1-2,11-15H2,(H,23,25). The van der Waals surface area contributed by atoms with E-state index in [4.69, 9.17) is 4.74 Å². The van der Waals surface area contributed by atoms with Crippen LogP contribution in [0, 0.1) is 11.8 Å². The number of hydrogen-bond acceptors (Lipinski definition) is 4. The van der Waals surface area contributed by atoms with Crippen molar-refractivity contribution in [1.29, 1.82) is 0 Å². The molecule has 0 spiro atoms. The number of carbonyl (C=O) groups is 2. The third-order valence-electron chi connectivity index (χ3n) is 5.39. The van der Waals surface area contributed by atoms with E-state index in [1.54, 1.807) is 16.2 Å². The fourth-order valence-corrected chi connectivity index (χ4v) is 4.89. The Morgan fingerprint density at radius 1 is 1.21 bits per heavy atom. The van der Waals surface area contributed by atoms with Crippen molar-refractivity contribution in [3.8, 4) is 11.8 Å². The first kappa shape index (κ1) is 18.6. The van der Waals surface area contributed by atoms with Crippen LogP contribution in [0.2, 0.25) is 0 Å². The summed E-state index contributed by atoms with van der Waals surface area (Å²) in [6.45, 7) is 1.32. The minimum Gasteiger partial charge on any atom is -0.447 e. The van der Waals surface area contributed by atoms with Gasteiger partial charge in [-0.15, -0.1) is 11.3 Å². The molecule has 1 saturated carbocycles. The van der Waals surface area contributed by atoms with Crippen molar-refractivity contribution >= 4 is 29.0 Å². The molecule has 0 unspecified atom stereocenters. The van der Waals surface area contributed by atoms with Crippen LogP contribution >= 0.6 is 11.3 Å². The van der Waals surface area contributed by atoms with E-state index in [1.807, 2.05) is 35.7 Å². The summed E-state index contributed by atoms with van der Waals surface area (Å²) in [6, 6.07) is 11.6. The Hall–Kier alpha value is -2.78. The summed E-state index contributed by atoms with van der Waals surface area (Å²) in [5, 5.41) is 5.05. The molecule has 1 aliphatic carbocycles. The molecule has 2 fully saturated rings. The molecular weight excluding hydrogens is 372 g/mol. The summed E-state index contributed by atoms with van der Waals surface area (Å²) in [5.74, 6) is 6.19. The number of cyclic esters (lactones) is 1. The summed E-state index contributed by atoms with van der Waals surface area (Å²) < 4.78 is 4.95. The van der Waals surface area contributed by atoms with Gasteiger partial charge >= 0.3 is 6.09 Å². The Kier molecular flexibility index (Phi) is 5.36. The number of amides is 2. The van der Waals surface area contributed by atoms with Gasteiger partial charge in [0.25, 0.3) is 0 Å². The predicted molar refractivity (Wildman–Crippen MR) is 109 cm³/mol. The van der Waals surface area contributed by atoms with E-state index in [2.05, 4.69) is 23.2 Å². The van der Waals surface area contributed by atoms with Gasteiger partial charge in [0.15, 0.2) is 0 Å². The Balaban J connectivity index is 1.36. The minimum atomic E-state index is -0.373. The number of nitrogens with one attached hydrogen (secondary N) is 1. The number of nitrogens with zero attached hydrogens (tertiary/aromatic N) is 1. The van der Waals surface area contributed by atoms with E-state index in [-0.39, 0.29) is 17.4 Å². The normalized spacial score (nSPS) is 17.7. The minimum absolute atomic E-state index is 0.0876. The molecule has 0 atom stereocenters. The van der Waals surface area contributed by atoms with E-state index < -0.39 is 0 Å². The smallest absolute Gasteiger partial charge is 0.414 e. The molecule has 2 amide bonds. The van der Waals surface area contributed by atoms with Crippen LogP contribution in [0.1, 0.15) is 36.1 Å². The maximum absolute atomic E-state index is 12.9. The molecule has 144 valence electrons. The van der Waals surface area contributed by atoms with Gasteiger partial charge in [-0.25, -0.2) is 4.79 Å². The lowest BCUT2D eigenvalue weighted by molar-refractivity contribution is -0.126. The predicted octanol–water partition coefficient (Wildman–Crippen LogP) is 3.68. The summed E-state index contributed by atoms with van der Waals surface area (Å²) >= 11 is 1.66. The molecule has 1 N–H and O–H groups in total. The zero-order valence-electron chi connectivity index (χ0n) is 15.6. The Bertz CT molecular complexity index is 904. The maximum Gasteiger partial charge on any atom is 0.414 e. The first-order chi connectivity index (χ1) is 13.7. The third-order valence-corrected chi connectivity index (χ3v) is 6.47. The second kappa shape index (κ2) is 8.07. The zero-order chi connectivity index (χ0) is 19.4. The van der Waals surface area contributed by atoms with Gasteiger partial charge in [0.05, 0.1) is 18.5 Å². The van der Waals surface area contributed by atoms with E-state index in [1.165, 1.54) is 0 Å². The van der Waals surface area contributed by atoms with Crippen LogP contribution in [-0.4, -0.2) is 31.7 Å². The topological polar surface area (TPSA) is 58.6 Å². The lowest BCUT2D eigenvalue weighted by Gasteiger charge is -2.26. The van der Waals surface area contributed by atoms with Crippen molar-refractivity contribution in [3.63, 3.8) is 0 Å². The van der Waals surface area contributed by atoms with Crippen LogP contribution < -0.4 is 10.2 Å². The van der Waals surface area contributed by atoms with E-state index in [0.29, 0.717) is 19.7 Å². The van der Waals surface area contributed by atoms with Crippen molar-refractivity contribution in [2.24, 2.45) is 0 Å². The molecule has 6 heteroatoms. The first-order valence-corrected chi connectivity index (χ1v) is 10.4. The van der Waals surface area contributed by atoms with Crippen LogP contribution in [0.3, 0.4) is 0 Å². The fraction of sp³-hybridized carbons (Fsp3) is 0.364. The molecule has 2 aromatic rings. The molecular formula is C22H22N2O3S. The van der Waals surface area contributed by atoms with Crippen molar-refractivity contribution in [2.75, 3.05) is 24.6 Å². The molecule has 0 radical (unpaired) electrons. The molecule has 1 aromatic heterocycles. The lowest BCUT2D eigenvalue weighted by Crippen LogP contribution is -2.42. The van der Waals surface area contributed by atoms with Crippen LogP contribution in [0.4, 0.5) is 10.5 Å². The molecule has 1 aliphatic heterocycles. The third kappa shape index (κ3) is 3.63. The van der Waals surface area contributed by atoms with Gasteiger partial charge < -0.3 is 10.1 Å². The average molecular weight is 394 g/mol. The van der Waals surface area contributed by atoms with Crippen LogP contribution in [0.25, 0.3) is 0 Å². The van der Waals surface area contributed by atoms with Gasteiger partial charge in [0.2, 0.25) is 5.91 Å². The van der Waals surface area contributed by atoms with Gasteiger partial charge in [-0.2, -0.15) is 0 Å². The van der Waals surface area contributed by atoms with E-state index >= 15 is 0 Å². The monoisotopic (exact) mass is 394 g/mol. The Labute approximate surface area is 168 Å². The number of carbonyl (C=O) groups excluding carboxylic acids is 2. The van der Waals surface area contributed by atoms with Crippen molar-refractivity contribution < 1.29 is 14.3 Å². The first-order valence-electron chi connectivity index (χ1n) is 9.55. The second-order valence-corrected chi connectivity index (χ2v) is 8.01. The number of anilines is 1. The van der Waals surface area contributed by atoms with Crippen LogP contribution in [-0.2, 0) is 14.9 Å². The van der Waals surface area contributed by atoms with E-state index in [9.17, 15) is 9.59 Å². The molecule has 4 rings (SSSR count). The Morgan fingerprint density at radius 3 is 2.64 bits per heavy atom. The highest BCUT2D eigenvalue weighted by atomic mass is 32.1. The van der Waals surface area contributed by atoms with Gasteiger partial charge in [0, 0.05) is 16.1 Å². The van der Waals surface area contributed by atoms with Crippen molar-refractivity contribution in [3.05, 3.63) is 52.2 Å². The fourth-order valence-electron chi connectivity index (χ4n) is 3.91. The summed E-state index contributed by atoms with van der Waals surface area (Å²) in [4.78, 5) is 27.2. The number of benzene rings is 1. The van der Waals surface area contributed by atoms with Gasteiger partial charge in [-0.3, -0.25) is 9.69 Å². The van der Waals surface area contributed by atoms with Gasteiger partial charge in [0.1, 0.15) is 6.61 Å². The average Bonchev–Trinajstić information content (AvgIpc) is 3.47. The number of rotatable bonds is 4. The number of ether oxygens (including phenoxy) is 1. The number of hydrogen-bond donors (Lipinski definition) is 1. The van der Waals surface area contributed by atoms with E-state index in [0.717, 1.165) is 41.8 Å². The summed E-state index contributed by atoms with van der Waals surface area (Å²) in [5.41, 5.74) is 1.28. The largest absolute Gasteiger partial charge is 0.447 e. The van der Waals surface area contributed by atoms with Gasteiger partial charge in [-0.1, -0.05) is 30.7 Å². The molecule has 2 aliphatic rings.